The highest BCUT2D eigenvalue weighted by Crippen LogP contribution is 2.44. The Kier molecular flexibility index (Phi) is 4.75. The maximum Gasteiger partial charge on any atom is 0.131 e. The predicted molar refractivity (Wildman–Crippen MR) is 187 cm³/mol. The van der Waals surface area contributed by atoms with Crippen molar-refractivity contribution in [3.8, 4) is 16.8 Å². The summed E-state index contributed by atoms with van der Waals surface area (Å²) >= 11 is 0. The van der Waals surface area contributed by atoms with Gasteiger partial charge in [0.2, 0.25) is 0 Å². The lowest BCUT2D eigenvalue weighted by Gasteiger charge is -2.14. The number of benzene rings is 8. The Balaban J connectivity index is 1.41. The first-order chi connectivity index (χ1) is 21.9. The van der Waals surface area contributed by atoms with Crippen molar-refractivity contribution in [2.45, 2.75) is 0 Å². The molecule has 0 saturated heterocycles. The minimum Gasteiger partial charge on any atom is -0.293 e. The molecule has 0 N–H and O–H groups in total. The first-order valence-corrected chi connectivity index (χ1v) is 15.2. The predicted octanol–water partition coefficient (Wildman–Crippen LogP) is 11.3. The summed E-state index contributed by atoms with van der Waals surface area (Å²) in [6, 6.07) is 57.8. The molecule has 0 fully saturated rings. The molecule has 0 spiro atoms. The fraction of sp³-hybridized carbons (Fsp3) is 0. The monoisotopic (exact) mass is 558 g/mol. The summed E-state index contributed by atoms with van der Waals surface area (Å²) in [5.74, 6) is 0. The van der Waals surface area contributed by atoms with Crippen LogP contribution in [0.15, 0.2) is 158 Å². The lowest BCUT2D eigenvalue weighted by atomic mass is 9.92. The van der Waals surface area contributed by atoms with Gasteiger partial charge in [-0.15, -0.1) is 0 Å². The third-order valence-corrected chi connectivity index (χ3v) is 9.47. The van der Waals surface area contributed by atoms with Crippen molar-refractivity contribution in [2.24, 2.45) is 0 Å². The molecule has 10 aromatic rings. The highest BCUT2D eigenvalue weighted by Gasteiger charge is 2.23. The van der Waals surface area contributed by atoms with Crippen LogP contribution in [0.1, 0.15) is 0 Å². The zero-order chi connectivity index (χ0) is 28.8. The Hall–Kier alpha value is -5.86. The molecular formula is C42H26N2. The highest BCUT2D eigenvalue weighted by molar-refractivity contribution is 6.26. The van der Waals surface area contributed by atoms with Crippen molar-refractivity contribution in [2.75, 3.05) is 0 Å². The minimum atomic E-state index is 1.19. The molecule has 204 valence electrons. The van der Waals surface area contributed by atoms with E-state index in [0.717, 1.165) is 0 Å². The van der Waals surface area contributed by atoms with Crippen LogP contribution in [0.2, 0.25) is 0 Å². The molecule has 0 aliphatic rings. The quantitative estimate of drug-likeness (QED) is 0.187. The van der Waals surface area contributed by atoms with Crippen LogP contribution in [-0.4, -0.2) is 8.97 Å². The van der Waals surface area contributed by atoms with Gasteiger partial charge in [0.1, 0.15) is 5.65 Å². The lowest BCUT2D eigenvalue weighted by Crippen LogP contribution is -1.96. The van der Waals surface area contributed by atoms with Gasteiger partial charge >= 0.3 is 0 Å². The molecule has 2 heterocycles. The van der Waals surface area contributed by atoms with Gasteiger partial charge in [-0.2, -0.15) is 0 Å². The number of fused-ring (bicyclic) bond motifs is 12. The van der Waals surface area contributed by atoms with Crippen LogP contribution < -0.4 is 0 Å². The zero-order valence-electron chi connectivity index (χ0n) is 23.9. The normalized spacial score (nSPS) is 12.1. The Morgan fingerprint density at radius 1 is 0.341 bits per heavy atom. The number of para-hydroxylation sites is 3. The standard InChI is InChI=1S/C42H26N2/c1-2-14-29-27(12-1)13-11-23-37(29)43-39-21-9-10-22-40(39)44-38-20-8-7-19-35(38)41(42(43)44)28-24-25-34-32-17-4-3-15-30(32)31-16-5-6-18-33(31)36(34)26-28/h1-26H. The van der Waals surface area contributed by atoms with Crippen molar-refractivity contribution < 1.29 is 0 Å². The molecule has 0 amide bonds. The average molecular weight is 559 g/mol. The molecule has 2 aromatic heterocycles. The summed E-state index contributed by atoms with van der Waals surface area (Å²) in [6.07, 6.45) is 0. The van der Waals surface area contributed by atoms with E-state index in [1.807, 2.05) is 0 Å². The van der Waals surface area contributed by atoms with Crippen LogP contribution in [0.5, 0.6) is 0 Å². The van der Waals surface area contributed by atoms with E-state index in [2.05, 4.69) is 167 Å². The fourth-order valence-corrected chi connectivity index (χ4v) is 7.63. The van der Waals surface area contributed by atoms with E-state index >= 15 is 0 Å². The van der Waals surface area contributed by atoms with E-state index in [1.165, 1.54) is 87.5 Å². The lowest BCUT2D eigenvalue weighted by molar-refractivity contribution is 1.16. The van der Waals surface area contributed by atoms with Gasteiger partial charge in [-0.05, 0) is 73.6 Å². The molecule has 10 rings (SSSR count). The van der Waals surface area contributed by atoms with Crippen LogP contribution in [0.3, 0.4) is 0 Å². The van der Waals surface area contributed by atoms with Gasteiger partial charge in [-0.3, -0.25) is 8.97 Å². The third-order valence-electron chi connectivity index (χ3n) is 9.47. The van der Waals surface area contributed by atoms with Crippen molar-refractivity contribution in [3.05, 3.63) is 158 Å². The zero-order valence-corrected chi connectivity index (χ0v) is 23.9. The van der Waals surface area contributed by atoms with Gasteiger partial charge in [-0.25, -0.2) is 0 Å². The topological polar surface area (TPSA) is 9.34 Å². The summed E-state index contributed by atoms with van der Waals surface area (Å²) in [4.78, 5) is 0. The number of hydrogen-bond acceptors (Lipinski definition) is 0. The second kappa shape index (κ2) is 8.82. The number of imidazole rings is 1. The van der Waals surface area contributed by atoms with Gasteiger partial charge in [0.15, 0.2) is 0 Å². The summed E-state index contributed by atoms with van der Waals surface area (Å²) in [5, 5.41) is 11.5. The van der Waals surface area contributed by atoms with E-state index in [-0.39, 0.29) is 0 Å². The van der Waals surface area contributed by atoms with Crippen LogP contribution in [0, 0.1) is 0 Å². The summed E-state index contributed by atoms with van der Waals surface area (Å²) in [6.45, 7) is 0. The number of hydrogen-bond donors (Lipinski definition) is 0. The van der Waals surface area contributed by atoms with E-state index in [0.29, 0.717) is 0 Å². The smallest absolute Gasteiger partial charge is 0.131 e. The fourth-order valence-electron chi connectivity index (χ4n) is 7.63. The maximum atomic E-state index is 2.48. The molecule has 2 heteroatoms. The number of nitrogens with zero attached hydrogens (tertiary/aromatic N) is 2. The van der Waals surface area contributed by atoms with E-state index in [9.17, 15) is 0 Å². The molecule has 0 atom stereocenters. The average Bonchev–Trinajstić information content (AvgIpc) is 3.60. The maximum absolute atomic E-state index is 2.48. The molecule has 0 radical (unpaired) electrons. The first kappa shape index (κ1) is 23.7. The molecular weight excluding hydrogens is 532 g/mol. The Labute approximate surface area is 253 Å². The molecule has 0 unspecified atom stereocenters. The van der Waals surface area contributed by atoms with Gasteiger partial charge in [0.05, 0.1) is 22.2 Å². The molecule has 2 nitrogen and oxygen atoms in total. The van der Waals surface area contributed by atoms with Gasteiger partial charge in [0, 0.05) is 16.3 Å². The van der Waals surface area contributed by atoms with Crippen LogP contribution >= 0.6 is 0 Å². The SMILES string of the molecule is c1ccc2c(-n3c4ccccc4n4c5ccccc5c(-c5ccc6c7ccccc7c7ccccc7c6c5)c34)cccc2c1. The molecule has 44 heavy (non-hydrogen) atoms. The summed E-state index contributed by atoms with van der Waals surface area (Å²) in [7, 11) is 0. The van der Waals surface area contributed by atoms with Crippen molar-refractivity contribution >= 4 is 70.7 Å². The Morgan fingerprint density at radius 3 is 1.59 bits per heavy atom. The first-order valence-electron chi connectivity index (χ1n) is 15.2. The Morgan fingerprint density at radius 2 is 0.864 bits per heavy atom. The number of rotatable bonds is 2. The van der Waals surface area contributed by atoms with E-state index in [4.69, 9.17) is 0 Å². The molecule has 0 bridgehead atoms. The Bertz CT molecular complexity index is 2730. The van der Waals surface area contributed by atoms with Gasteiger partial charge < -0.3 is 0 Å². The minimum absolute atomic E-state index is 1.19. The largest absolute Gasteiger partial charge is 0.293 e. The van der Waals surface area contributed by atoms with Crippen LogP contribution in [0.4, 0.5) is 0 Å². The van der Waals surface area contributed by atoms with E-state index < -0.39 is 0 Å². The molecule has 8 aromatic carbocycles. The number of aromatic nitrogens is 2. The molecule has 0 aliphatic heterocycles. The van der Waals surface area contributed by atoms with Gasteiger partial charge in [0.25, 0.3) is 0 Å². The van der Waals surface area contributed by atoms with Crippen molar-refractivity contribution in [1.82, 2.24) is 8.97 Å². The van der Waals surface area contributed by atoms with E-state index in [1.54, 1.807) is 0 Å². The van der Waals surface area contributed by atoms with Crippen molar-refractivity contribution in [3.63, 3.8) is 0 Å². The summed E-state index contributed by atoms with van der Waals surface area (Å²) < 4.78 is 4.94. The molecule has 0 aliphatic carbocycles. The summed E-state index contributed by atoms with van der Waals surface area (Å²) in [5.41, 5.74) is 8.47. The second-order valence-electron chi connectivity index (χ2n) is 11.7. The van der Waals surface area contributed by atoms with Crippen molar-refractivity contribution in [1.29, 1.82) is 0 Å². The molecule has 0 saturated carbocycles. The highest BCUT2D eigenvalue weighted by atomic mass is 15.1. The van der Waals surface area contributed by atoms with Crippen LogP contribution in [0.25, 0.3) is 87.5 Å². The van der Waals surface area contributed by atoms with Crippen LogP contribution in [-0.2, 0) is 0 Å². The second-order valence-corrected chi connectivity index (χ2v) is 11.7. The third kappa shape index (κ3) is 3.09. The van der Waals surface area contributed by atoms with Gasteiger partial charge in [-0.1, -0.05) is 127 Å².